The Bertz CT molecular complexity index is 426. The van der Waals surface area contributed by atoms with E-state index in [1.54, 1.807) is 0 Å². The standard InChI is InChI=1S/C16H24N2O/c1-12(2)10-11-16(15(17)19,13-8-9-13)18-14-6-4-3-5-7-14/h3-7,12-13,18H,8-11H2,1-2H3,(H2,17,19). The van der Waals surface area contributed by atoms with Crippen LogP contribution in [0.2, 0.25) is 0 Å². The van der Waals surface area contributed by atoms with Crippen LogP contribution in [0.15, 0.2) is 30.3 Å². The number of nitrogens with one attached hydrogen (secondary N) is 1. The Morgan fingerprint density at radius 2 is 2.00 bits per heavy atom. The van der Waals surface area contributed by atoms with Crippen LogP contribution in [0.25, 0.3) is 0 Å². The lowest BCUT2D eigenvalue weighted by Crippen LogP contribution is -2.52. The van der Waals surface area contributed by atoms with Crippen LogP contribution in [0.3, 0.4) is 0 Å². The van der Waals surface area contributed by atoms with Gasteiger partial charge in [0.05, 0.1) is 0 Å². The van der Waals surface area contributed by atoms with Gasteiger partial charge in [0, 0.05) is 5.69 Å². The highest BCUT2D eigenvalue weighted by Crippen LogP contribution is 2.44. The van der Waals surface area contributed by atoms with E-state index in [-0.39, 0.29) is 5.91 Å². The maximum absolute atomic E-state index is 12.1. The quantitative estimate of drug-likeness (QED) is 0.791. The highest BCUT2D eigenvalue weighted by molar-refractivity contribution is 5.88. The lowest BCUT2D eigenvalue weighted by atomic mass is 9.84. The summed E-state index contributed by atoms with van der Waals surface area (Å²) in [6.07, 6.45) is 4.03. The number of benzene rings is 1. The Morgan fingerprint density at radius 1 is 1.37 bits per heavy atom. The third-order valence-corrected chi connectivity index (χ3v) is 3.97. The topological polar surface area (TPSA) is 55.1 Å². The van der Waals surface area contributed by atoms with Crippen molar-refractivity contribution in [2.75, 3.05) is 5.32 Å². The van der Waals surface area contributed by atoms with Crippen molar-refractivity contribution in [3.8, 4) is 0 Å². The van der Waals surface area contributed by atoms with Crippen LogP contribution in [-0.4, -0.2) is 11.4 Å². The van der Waals surface area contributed by atoms with Gasteiger partial charge in [-0.25, -0.2) is 0 Å². The van der Waals surface area contributed by atoms with Gasteiger partial charge in [0.2, 0.25) is 5.91 Å². The van der Waals surface area contributed by atoms with Crippen molar-refractivity contribution in [3.05, 3.63) is 30.3 Å². The van der Waals surface area contributed by atoms with Gasteiger partial charge in [-0.05, 0) is 49.7 Å². The lowest BCUT2D eigenvalue weighted by molar-refractivity contribution is -0.123. The van der Waals surface area contributed by atoms with Crippen LogP contribution in [0, 0.1) is 11.8 Å². The SMILES string of the molecule is CC(C)CCC(Nc1ccccc1)(C(N)=O)C1CC1. The van der Waals surface area contributed by atoms with Gasteiger partial charge in [0.1, 0.15) is 5.54 Å². The fourth-order valence-corrected chi connectivity index (χ4v) is 2.63. The zero-order valence-corrected chi connectivity index (χ0v) is 11.9. The van der Waals surface area contributed by atoms with Gasteiger partial charge in [0.25, 0.3) is 0 Å². The van der Waals surface area contributed by atoms with E-state index in [0.717, 1.165) is 31.4 Å². The number of carbonyl (C=O) groups excluding carboxylic acids is 1. The number of anilines is 1. The molecule has 19 heavy (non-hydrogen) atoms. The van der Waals surface area contributed by atoms with Gasteiger partial charge in [-0.15, -0.1) is 0 Å². The number of nitrogens with two attached hydrogens (primary N) is 1. The van der Waals surface area contributed by atoms with Crippen LogP contribution in [0.1, 0.15) is 39.5 Å². The third-order valence-electron chi connectivity index (χ3n) is 3.97. The van der Waals surface area contributed by atoms with Crippen LogP contribution in [0.5, 0.6) is 0 Å². The molecule has 3 nitrogen and oxygen atoms in total. The largest absolute Gasteiger partial charge is 0.371 e. The number of rotatable bonds is 7. The van der Waals surface area contributed by atoms with Crippen molar-refractivity contribution in [2.45, 2.75) is 45.1 Å². The van der Waals surface area contributed by atoms with Crippen molar-refractivity contribution >= 4 is 11.6 Å². The molecule has 1 aromatic rings. The van der Waals surface area contributed by atoms with Crippen molar-refractivity contribution in [1.29, 1.82) is 0 Å². The molecule has 0 aromatic heterocycles. The number of hydrogen-bond donors (Lipinski definition) is 2. The van der Waals surface area contributed by atoms with Crippen LogP contribution in [0.4, 0.5) is 5.69 Å². The summed E-state index contributed by atoms with van der Waals surface area (Å²) in [5.74, 6) is 0.763. The Labute approximate surface area is 115 Å². The zero-order chi connectivity index (χ0) is 13.9. The molecule has 1 amide bonds. The molecule has 1 aromatic carbocycles. The molecule has 1 atom stereocenters. The van der Waals surface area contributed by atoms with Crippen molar-refractivity contribution in [2.24, 2.45) is 17.6 Å². The number of hydrogen-bond acceptors (Lipinski definition) is 2. The molecule has 3 heteroatoms. The van der Waals surface area contributed by atoms with Crippen molar-refractivity contribution < 1.29 is 4.79 Å². The first-order valence-electron chi connectivity index (χ1n) is 7.18. The van der Waals surface area contributed by atoms with Gasteiger partial charge < -0.3 is 11.1 Å². The minimum absolute atomic E-state index is 0.209. The summed E-state index contributed by atoms with van der Waals surface area (Å²) >= 11 is 0. The minimum Gasteiger partial charge on any atom is -0.371 e. The monoisotopic (exact) mass is 260 g/mol. The fourth-order valence-electron chi connectivity index (χ4n) is 2.63. The molecule has 1 unspecified atom stereocenters. The Kier molecular flexibility index (Phi) is 4.13. The van der Waals surface area contributed by atoms with Gasteiger partial charge in [-0.1, -0.05) is 32.0 Å². The first-order valence-corrected chi connectivity index (χ1v) is 7.18. The van der Waals surface area contributed by atoms with E-state index < -0.39 is 5.54 Å². The minimum atomic E-state index is -0.564. The van der Waals surface area contributed by atoms with Crippen LogP contribution < -0.4 is 11.1 Å². The van der Waals surface area contributed by atoms with E-state index in [1.807, 2.05) is 30.3 Å². The van der Waals surface area contributed by atoms with E-state index in [0.29, 0.717) is 11.8 Å². The number of para-hydroxylation sites is 1. The Hall–Kier alpha value is -1.51. The first kappa shape index (κ1) is 13.9. The van der Waals surface area contributed by atoms with E-state index in [9.17, 15) is 4.79 Å². The summed E-state index contributed by atoms with van der Waals surface area (Å²) in [5, 5.41) is 3.43. The van der Waals surface area contributed by atoms with E-state index in [2.05, 4.69) is 19.2 Å². The zero-order valence-electron chi connectivity index (χ0n) is 11.9. The smallest absolute Gasteiger partial charge is 0.243 e. The molecule has 0 heterocycles. The molecule has 2 rings (SSSR count). The van der Waals surface area contributed by atoms with E-state index in [1.165, 1.54) is 0 Å². The van der Waals surface area contributed by atoms with Crippen molar-refractivity contribution in [3.63, 3.8) is 0 Å². The number of amides is 1. The number of primary amides is 1. The average molecular weight is 260 g/mol. The fraction of sp³-hybridized carbons (Fsp3) is 0.562. The molecule has 0 saturated heterocycles. The molecule has 1 aliphatic carbocycles. The Balaban J connectivity index is 2.19. The third kappa shape index (κ3) is 3.28. The van der Waals surface area contributed by atoms with E-state index >= 15 is 0 Å². The summed E-state index contributed by atoms with van der Waals surface area (Å²) in [6, 6.07) is 9.92. The van der Waals surface area contributed by atoms with Crippen molar-refractivity contribution in [1.82, 2.24) is 0 Å². The molecule has 104 valence electrons. The maximum atomic E-state index is 12.1. The molecule has 0 spiro atoms. The molecule has 3 N–H and O–H groups in total. The first-order chi connectivity index (χ1) is 9.04. The molecular formula is C16H24N2O. The second-order valence-corrected chi connectivity index (χ2v) is 6.03. The molecule has 0 radical (unpaired) electrons. The maximum Gasteiger partial charge on any atom is 0.243 e. The summed E-state index contributed by atoms with van der Waals surface area (Å²) in [5.41, 5.74) is 6.16. The summed E-state index contributed by atoms with van der Waals surface area (Å²) in [7, 11) is 0. The molecule has 1 aliphatic rings. The predicted molar refractivity (Wildman–Crippen MR) is 78.8 cm³/mol. The molecule has 1 saturated carbocycles. The van der Waals surface area contributed by atoms with E-state index in [4.69, 9.17) is 5.73 Å². The summed E-state index contributed by atoms with van der Waals surface area (Å²) < 4.78 is 0. The molecule has 0 aliphatic heterocycles. The number of carbonyl (C=O) groups is 1. The summed E-state index contributed by atoms with van der Waals surface area (Å²) in [6.45, 7) is 4.36. The summed E-state index contributed by atoms with van der Waals surface area (Å²) in [4.78, 5) is 12.1. The van der Waals surface area contributed by atoms with Gasteiger partial charge in [-0.3, -0.25) is 4.79 Å². The second kappa shape index (κ2) is 5.64. The van der Waals surface area contributed by atoms with Gasteiger partial charge >= 0.3 is 0 Å². The lowest BCUT2D eigenvalue weighted by Gasteiger charge is -2.33. The van der Waals surface area contributed by atoms with Gasteiger partial charge in [0.15, 0.2) is 0 Å². The second-order valence-electron chi connectivity index (χ2n) is 6.03. The van der Waals surface area contributed by atoms with Crippen LogP contribution >= 0.6 is 0 Å². The van der Waals surface area contributed by atoms with Gasteiger partial charge in [-0.2, -0.15) is 0 Å². The van der Waals surface area contributed by atoms with Crippen LogP contribution in [-0.2, 0) is 4.79 Å². The highest BCUT2D eigenvalue weighted by atomic mass is 16.1. The molecular weight excluding hydrogens is 236 g/mol. The predicted octanol–water partition coefficient (Wildman–Crippen LogP) is 3.17. The molecule has 1 fully saturated rings. The normalized spacial score (nSPS) is 18.1. The highest BCUT2D eigenvalue weighted by Gasteiger charge is 2.49. The molecule has 0 bridgehead atoms. The Morgan fingerprint density at radius 3 is 2.47 bits per heavy atom. The average Bonchev–Trinajstić information content (AvgIpc) is 3.19.